The van der Waals surface area contributed by atoms with Crippen molar-refractivity contribution in [2.45, 2.75) is 12.0 Å². The largest absolute Gasteiger partial charge is 0.373 e. The van der Waals surface area contributed by atoms with Crippen molar-refractivity contribution in [2.75, 3.05) is 0 Å². The van der Waals surface area contributed by atoms with E-state index in [4.69, 9.17) is 0 Å². The van der Waals surface area contributed by atoms with Crippen molar-refractivity contribution in [3.63, 3.8) is 0 Å². The Hall–Kier alpha value is -0.830. The topological polar surface area (TPSA) is 20.2 Å². The summed E-state index contributed by atoms with van der Waals surface area (Å²) in [4.78, 5) is 0. The second kappa shape index (κ2) is 6.56. The van der Waals surface area contributed by atoms with Gasteiger partial charge in [-0.2, -0.15) is 0 Å². The molecule has 0 radical (unpaired) electrons. The van der Waals surface area contributed by atoms with E-state index in [2.05, 4.69) is 25.8 Å². The molecule has 0 aliphatic carbocycles. The molecule has 1 nitrogen and oxygen atoms in total. The Labute approximate surface area is 135 Å². The Morgan fingerprint density at radius 1 is 1.05 bits per heavy atom. The molecule has 1 unspecified atom stereocenters. The average molecular weight is 427 g/mol. The molecule has 0 amide bonds. The fourth-order valence-electron chi connectivity index (χ4n) is 1.91. The van der Waals surface area contributed by atoms with E-state index in [0.717, 1.165) is 15.6 Å². The van der Waals surface area contributed by atoms with Gasteiger partial charge in [0.1, 0.15) is 0 Å². The van der Waals surface area contributed by atoms with Gasteiger partial charge in [-0.15, -0.1) is 0 Å². The molecule has 1 atom stereocenters. The van der Waals surface area contributed by atoms with Crippen LogP contribution in [0.5, 0.6) is 0 Å². The van der Waals surface area contributed by atoms with Crippen LogP contribution < -0.4 is 0 Å². The summed E-state index contributed by atoms with van der Waals surface area (Å²) in [5.41, 5.74) is 0.722. The predicted octanol–water partition coefficient (Wildman–Crippen LogP) is 4.28. The highest BCUT2D eigenvalue weighted by Crippen LogP contribution is 2.26. The minimum Gasteiger partial charge on any atom is -0.373 e. The quantitative estimate of drug-likeness (QED) is 0.573. The Morgan fingerprint density at radius 3 is 2.26 bits per heavy atom. The lowest BCUT2D eigenvalue weighted by atomic mass is 9.88. The highest BCUT2D eigenvalue weighted by atomic mass is 127. The van der Waals surface area contributed by atoms with E-state index in [0.29, 0.717) is 6.42 Å². The SMILES string of the molecule is OC(C#CI)(Cc1ccccc1)c1ccc(Br)cc1. The van der Waals surface area contributed by atoms with Gasteiger partial charge >= 0.3 is 0 Å². The average Bonchev–Trinajstić information content (AvgIpc) is 2.40. The molecule has 96 valence electrons. The van der Waals surface area contributed by atoms with Gasteiger partial charge in [0.15, 0.2) is 5.60 Å². The van der Waals surface area contributed by atoms with Crippen molar-refractivity contribution in [1.82, 2.24) is 0 Å². The third-order valence-electron chi connectivity index (χ3n) is 2.88. The normalized spacial score (nSPS) is 13.2. The molecule has 1 N–H and O–H groups in total. The van der Waals surface area contributed by atoms with Gasteiger partial charge in [-0.3, -0.25) is 0 Å². The van der Waals surface area contributed by atoms with Crippen molar-refractivity contribution in [2.24, 2.45) is 0 Å². The lowest BCUT2D eigenvalue weighted by Crippen LogP contribution is -2.26. The maximum absolute atomic E-state index is 10.8. The fraction of sp³-hybridized carbons (Fsp3) is 0.125. The Balaban J connectivity index is 2.37. The van der Waals surface area contributed by atoms with Gasteiger partial charge in [-0.25, -0.2) is 0 Å². The van der Waals surface area contributed by atoms with Crippen molar-refractivity contribution in [1.29, 1.82) is 0 Å². The summed E-state index contributed by atoms with van der Waals surface area (Å²) < 4.78 is 3.79. The zero-order valence-corrected chi connectivity index (χ0v) is 13.8. The highest BCUT2D eigenvalue weighted by molar-refractivity contribution is 14.1. The van der Waals surface area contributed by atoms with Crippen LogP contribution in [0, 0.1) is 9.85 Å². The maximum Gasteiger partial charge on any atom is 0.155 e. The van der Waals surface area contributed by atoms with E-state index < -0.39 is 5.60 Å². The first kappa shape index (κ1) is 14.6. The van der Waals surface area contributed by atoms with E-state index >= 15 is 0 Å². The van der Waals surface area contributed by atoms with Crippen molar-refractivity contribution in [3.05, 3.63) is 70.2 Å². The van der Waals surface area contributed by atoms with Gasteiger partial charge in [0, 0.05) is 33.5 Å². The molecule has 0 aromatic heterocycles. The summed E-state index contributed by atoms with van der Waals surface area (Å²) in [5, 5.41) is 10.8. The molecule has 0 spiro atoms. The standard InChI is InChI=1S/C16H12BrIO/c17-15-8-6-14(7-9-15)16(19,10-11-18)12-13-4-2-1-3-5-13/h1-9,19H,12H2. The molecule has 19 heavy (non-hydrogen) atoms. The molecule has 0 saturated heterocycles. The first-order valence-electron chi connectivity index (χ1n) is 5.79. The summed E-state index contributed by atoms with van der Waals surface area (Å²) in [6.45, 7) is 0. The second-order valence-electron chi connectivity index (χ2n) is 4.25. The predicted molar refractivity (Wildman–Crippen MR) is 90.0 cm³/mol. The molecular formula is C16H12BrIO. The zero-order chi connectivity index (χ0) is 13.7. The number of aliphatic hydroxyl groups is 1. The summed E-state index contributed by atoms with van der Waals surface area (Å²) in [5.74, 6) is 2.92. The molecule has 0 aliphatic heterocycles. The Kier molecular flexibility index (Phi) is 5.03. The zero-order valence-electron chi connectivity index (χ0n) is 10.1. The van der Waals surface area contributed by atoms with Crippen LogP contribution in [0.3, 0.4) is 0 Å². The molecule has 2 aromatic rings. The summed E-state index contributed by atoms with van der Waals surface area (Å²) in [6, 6.07) is 17.5. The summed E-state index contributed by atoms with van der Waals surface area (Å²) in [6.07, 6.45) is 0.478. The van der Waals surface area contributed by atoms with Gasteiger partial charge in [0.25, 0.3) is 0 Å². The molecule has 0 bridgehead atoms. The fourth-order valence-corrected chi connectivity index (χ4v) is 2.62. The third-order valence-corrected chi connectivity index (χ3v) is 3.68. The lowest BCUT2D eigenvalue weighted by molar-refractivity contribution is 0.101. The minimum absolute atomic E-state index is 0.478. The van der Waals surface area contributed by atoms with Crippen LogP contribution in [0.25, 0.3) is 0 Å². The second-order valence-corrected chi connectivity index (χ2v) is 5.70. The molecule has 0 saturated carbocycles. The minimum atomic E-state index is -1.15. The van der Waals surface area contributed by atoms with Crippen LogP contribution in [0.15, 0.2) is 59.1 Å². The highest BCUT2D eigenvalue weighted by Gasteiger charge is 2.27. The molecule has 0 fully saturated rings. The Bertz CT molecular complexity index is 598. The number of benzene rings is 2. The van der Waals surface area contributed by atoms with Gasteiger partial charge in [0.2, 0.25) is 0 Å². The smallest absolute Gasteiger partial charge is 0.155 e. The van der Waals surface area contributed by atoms with Crippen LogP contribution in [0.4, 0.5) is 0 Å². The molecule has 0 heterocycles. The summed E-state index contributed by atoms with van der Waals surface area (Å²) in [7, 11) is 0. The van der Waals surface area contributed by atoms with E-state index in [1.165, 1.54) is 0 Å². The van der Waals surface area contributed by atoms with Crippen LogP contribution in [-0.2, 0) is 12.0 Å². The van der Waals surface area contributed by atoms with Crippen LogP contribution in [0.1, 0.15) is 11.1 Å². The number of halogens is 2. The van der Waals surface area contributed by atoms with Gasteiger partial charge in [-0.05, 0) is 27.2 Å². The monoisotopic (exact) mass is 426 g/mol. The lowest BCUT2D eigenvalue weighted by Gasteiger charge is -2.23. The van der Waals surface area contributed by atoms with Crippen molar-refractivity contribution in [3.8, 4) is 9.85 Å². The number of rotatable bonds is 3. The maximum atomic E-state index is 10.8. The Morgan fingerprint density at radius 2 is 1.68 bits per heavy atom. The van der Waals surface area contributed by atoms with E-state index in [-0.39, 0.29) is 0 Å². The van der Waals surface area contributed by atoms with Crippen LogP contribution in [0.2, 0.25) is 0 Å². The molecule has 3 heteroatoms. The van der Waals surface area contributed by atoms with E-state index in [1.54, 1.807) is 0 Å². The van der Waals surface area contributed by atoms with Gasteiger partial charge < -0.3 is 5.11 Å². The van der Waals surface area contributed by atoms with Gasteiger partial charge in [-0.1, -0.05) is 64.3 Å². The van der Waals surface area contributed by atoms with Crippen molar-refractivity contribution >= 4 is 38.5 Å². The van der Waals surface area contributed by atoms with Crippen LogP contribution in [-0.4, -0.2) is 5.11 Å². The number of hydrogen-bond donors (Lipinski definition) is 1. The van der Waals surface area contributed by atoms with E-state index in [9.17, 15) is 5.11 Å². The first-order valence-corrected chi connectivity index (χ1v) is 7.66. The molecule has 0 aliphatic rings. The van der Waals surface area contributed by atoms with Crippen molar-refractivity contribution < 1.29 is 5.11 Å². The third kappa shape index (κ3) is 3.82. The molecule has 2 aromatic carbocycles. The summed E-state index contributed by atoms with van der Waals surface area (Å²) >= 11 is 5.36. The van der Waals surface area contributed by atoms with E-state index in [1.807, 2.05) is 77.2 Å². The first-order chi connectivity index (χ1) is 9.14. The van der Waals surface area contributed by atoms with Gasteiger partial charge in [0.05, 0.1) is 0 Å². The molecular weight excluding hydrogens is 415 g/mol. The molecule has 2 rings (SSSR count). The number of hydrogen-bond acceptors (Lipinski definition) is 1. The van der Waals surface area contributed by atoms with Crippen LogP contribution >= 0.6 is 38.5 Å².